The minimum Gasteiger partial charge on any atom is -0.465 e. The minimum absolute atomic E-state index is 0.188. The van der Waals surface area contributed by atoms with Crippen LogP contribution in [0.4, 0.5) is 10.8 Å². The summed E-state index contributed by atoms with van der Waals surface area (Å²) in [4.78, 5) is 11.3. The number of nitrogens with two attached hydrogens (primary N) is 1. The van der Waals surface area contributed by atoms with Crippen molar-refractivity contribution in [2.45, 2.75) is 0 Å². The normalized spacial score (nSPS) is 9.50. The molecule has 0 spiro atoms. The zero-order valence-electron chi connectivity index (χ0n) is 7.74. The second-order valence-corrected chi connectivity index (χ2v) is 3.21. The summed E-state index contributed by atoms with van der Waals surface area (Å²) in [5, 5.41) is 3.56. The quantitative estimate of drug-likeness (QED) is 0.578. The Morgan fingerprint density at radius 1 is 1.86 bits per heavy atom. The number of aromatic nitrogens is 1. The summed E-state index contributed by atoms with van der Waals surface area (Å²) in [5.74, 6) is -0.295. The van der Waals surface area contributed by atoms with E-state index < -0.39 is 5.97 Å². The molecule has 0 aromatic carbocycles. The van der Waals surface area contributed by atoms with E-state index in [4.69, 9.17) is 5.73 Å². The van der Waals surface area contributed by atoms with Crippen LogP contribution in [-0.4, -0.2) is 24.0 Å². The first-order chi connectivity index (χ1) is 6.70. The molecule has 1 aromatic rings. The van der Waals surface area contributed by atoms with Crippen molar-refractivity contribution >= 4 is 28.3 Å². The Labute approximate surface area is 85.7 Å². The molecule has 1 aromatic heterocycles. The number of carbonyl (C=O) groups excluding carboxylic acids is 1. The van der Waals surface area contributed by atoms with Crippen LogP contribution in [-0.2, 0) is 4.74 Å². The minimum atomic E-state index is -0.484. The molecule has 6 heteroatoms. The summed E-state index contributed by atoms with van der Waals surface area (Å²) in [5.41, 5.74) is 5.81. The average Bonchev–Trinajstić information content (AvgIpc) is 2.55. The smallest absolute Gasteiger partial charge is 0.344 e. The van der Waals surface area contributed by atoms with Gasteiger partial charge in [-0.15, -0.1) is 6.58 Å². The highest BCUT2D eigenvalue weighted by Crippen LogP contribution is 2.26. The Kier molecular flexibility index (Phi) is 3.47. The van der Waals surface area contributed by atoms with Crippen molar-refractivity contribution in [2.75, 3.05) is 24.7 Å². The van der Waals surface area contributed by atoms with Crippen LogP contribution in [0.25, 0.3) is 0 Å². The highest BCUT2D eigenvalue weighted by Gasteiger charge is 2.19. The predicted octanol–water partition coefficient (Wildman–Crippen LogP) is 1.11. The Morgan fingerprint density at radius 3 is 3.14 bits per heavy atom. The van der Waals surface area contributed by atoms with E-state index in [0.29, 0.717) is 17.1 Å². The second-order valence-electron chi connectivity index (χ2n) is 2.43. The van der Waals surface area contributed by atoms with E-state index in [0.717, 1.165) is 11.5 Å². The van der Waals surface area contributed by atoms with Gasteiger partial charge in [-0.25, -0.2) is 4.79 Å². The molecule has 1 rings (SSSR count). The number of rotatable bonds is 4. The number of nitrogen functional groups attached to an aromatic ring is 1. The summed E-state index contributed by atoms with van der Waals surface area (Å²) in [6.07, 6.45) is 1.68. The van der Waals surface area contributed by atoms with Gasteiger partial charge in [0.15, 0.2) is 5.82 Å². The first-order valence-corrected chi connectivity index (χ1v) is 4.66. The van der Waals surface area contributed by atoms with Crippen molar-refractivity contribution in [3.63, 3.8) is 0 Å². The van der Waals surface area contributed by atoms with Gasteiger partial charge in [-0.3, -0.25) is 0 Å². The molecule has 0 unspecified atom stereocenters. The lowest BCUT2D eigenvalue weighted by Crippen LogP contribution is -2.07. The number of nitrogens with one attached hydrogen (secondary N) is 1. The Balaban J connectivity index is 2.93. The van der Waals surface area contributed by atoms with E-state index in [1.807, 2.05) is 0 Å². The maximum atomic E-state index is 11.3. The van der Waals surface area contributed by atoms with Crippen LogP contribution in [0, 0.1) is 0 Å². The van der Waals surface area contributed by atoms with Gasteiger partial charge >= 0.3 is 5.97 Å². The molecule has 1 heterocycles. The molecule has 0 saturated carbocycles. The van der Waals surface area contributed by atoms with Crippen LogP contribution in [0.5, 0.6) is 0 Å². The molecule has 76 valence electrons. The van der Waals surface area contributed by atoms with E-state index in [2.05, 4.69) is 21.0 Å². The molecule has 0 fully saturated rings. The number of carbonyl (C=O) groups is 1. The number of ether oxygens (including phenoxy) is 1. The standard InChI is InChI=1S/C8H11N3O2S/c1-3-4-10-7-5(8(12)13-2)6(9)11-14-7/h3,10H,1,4H2,2H3,(H2,9,11). The Morgan fingerprint density at radius 2 is 2.57 bits per heavy atom. The van der Waals surface area contributed by atoms with Gasteiger partial charge in [0.1, 0.15) is 10.6 Å². The third-order valence-corrected chi connectivity index (χ3v) is 2.33. The average molecular weight is 213 g/mol. The second kappa shape index (κ2) is 4.61. The third-order valence-electron chi connectivity index (χ3n) is 1.51. The number of hydrogen-bond donors (Lipinski definition) is 2. The summed E-state index contributed by atoms with van der Waals surface area (Å²) in [6, 6.07) is 0. The molecule has 0 aliphatic heterocycles. The number of anilines is 2. The largest absolute Gasteiger partial charge is 0.465 e. The molecule has 0 aliphatic carbocycles. The zero-order chi connectivity index (χ0) is 10.6. The lowest BCUT2D eigenvalue weighted by molar-refractivity contribution is 0.0603. The number of esters is 1. The monoisotopic (exact) mass is 213 g/mol. The van der Waals surface area contributed by atoms with Gasteiger partial charge in [0.05, 0.1) is 7.11 Å². The van der Waals surface area contributed by atoms with Crippen molar-refractivity contribution in [1.29, 1.82) is 0 Å². The lowest BCUT2D eigenvalue weighted by Gasteiger charge is -2.02. The van der Waals surface area contributed by atoms with Crippen molar-refractivity contribution in [2.24, 2.45) is 0 Å². The van der Waals surface area contributed by atoms with Crippen LogP contribution in [0.3, 0.4) is 0 Å². The maximum Gasteiger partial charge on any atom is 0.344 e. The first-order valence-electron chi connectivity index (χ1n) is 3.89. The van der Waals surface area contributed by atoms with Gasteiger partial charge in [0, 0.05) is 6.54 Å². The van der Waals surface area contributed by atoms with Crippen molar-refractivity contribution in [3.05, 3.63) is 18.2 Å². The van der Waals surface area contributed by atoms with Crippen molar-refractivity contribution in [3.8, 4) is 0 Å². The Bertz CT molecular complexity index is 348. The number of nitrogens with zero attached hydrogens (tertiary/aromatic N) is 1. The van der Waals surface area contributed by atoms with Gasteiger partial charge in [0.2, 0.25) is 0 Å². The summed E-state index contributed by atoms with van der Waals surface area (Å²) in [7, 11) is 1.30. The SMILES string of the molecule is C=CCNc1snc(N)c1C(=O)OC. The van der Waals surface area contributed by atoms with Crippen LogP contribution in [0.15, 0.2) is 12.7 Å². The number of methoxy groups -OCH3 is 1. The fourth-order valence-corrected chi connectivity index (χ4v) is 1.60. The molecule has 0 aliphatic rings. The topological polar surface area (TPSA) is 77.2 Å². The van der Waals surface area contributed by atoms with Gasteiger partial charge in [-0.1, -0.05) is 6.08 Å². The first kappa shape index (κ1) is 10.5. The fourth-order valence-electron chi connectivity index (χ4n) is 0.887. The lowest BCUT2D eigenvalue weighted by atomic mass is 10.3. The molecule has 0 bridgehead atoms. The molecule has 0 amide bonds. The Hall–Kier alpha value is -1.56. The van der Waals surface area contributed by atoms with Gasteiger partial charge in [-0.05, 0) is 11.5 Å². The number of hydrogen-bond acceptors (Lipinski definition) is 6. The van der Waals surface area contributed by atoms with Crippen LogP contribution < -0.4 is 11.1 Å². The summed E-state index contributed by atoms with van der Waals surface area (Å²) in [6.45, 7) is 4.10. The summed E-state index contributed by atoms with van der Waals surface area (Å²) < 4.78 is 8.44. The van der Waals surface area contributed by atoms with Crippen LogP contribution >= 0.6 is 11.5 Å². The van der Waals surface area contributed by atoms with Crippen LogP contribution in [0.2, 0.25) is 0 Å². The highest BCUT2D eigenvalue weighted by atomic mass is 32.1. The van der Waals surface area contributed by atoms with Crippen molar-refractivity contribution < 1.29 is 9.53 Å². The van der Waals surface area contributed by atoms with Gasteiger partial charge in [0.25, 0.3) is 0 Å². The van der Waals surface area contributed by atoms with E-state index in [1.54, 1.807) is 6.08 Å². The van der Waals surface area contributed by atoms with Crippen molar-refractivity contribution in [1.82, 2.24) is 4.37 Å². The molecule has 0 saturated heterocycles. The van der Waals surface area contributed by atoms with E-state index in [-0.39, 0.29) is 5.82 Å². The van der Waals surface area contributed by atoms with Crippen LogP contribution in [0.1, 0.15) is 10.4 Å². The van der Waals surface area contributed by atoms with E-state index in [9.17, 15) is 4.79 Å². The summed E-state index contributed by atoms with van der Waals surface area (Å²) >= 11 is 1.13. The molecule has 3 N–H and O–H groups in total. The molecular weight excluding hydrogens is 202 g/mol. The molecule has 5 nitrogen and oxygen atoms in total. The molecule has 0 radical (unpaired) electrons. The van der Waals surface area contributed by atoms with E-state index in [1.165, 1.54) is 7.11 Å². The maximum absolute atomic E-state index is 11.3. The van der Waals surface area contributed by atoms with Gasteiger partial charge < -0.3 is 15.8 Å². The zero-order valence-corrected chi connectivity index (χ0v) is 8.56. The van der Waals surface area contributed by atoms with Gasteiger partial charge in [-0.2, -0.15) is 4.37 Å². The third kappa shape index (κ3) is 2.02. The molecule has 0 atom stereocenters. The predicted molar refractivity (Wildman–Crippen MR) is 56.6 cm³/mol. The van der Waals surface area contributed by atoms with E-state index >= 15 is 0 Å². The fraction of sp³-hybridized carbons (Fsp3) is 0.250. The molecular formula is C8H11N3O2S. The highest BCUT2D eigenvalue weighted by molar-refractivity contribution is 7.11. The molecule has 14 heavy (non-hydrogen) atoms.